The summed E-state index contributed by atoms with van der Waals surface area (Å²) < 4.78 is 25.8. The van der Waals surface area contributed by atoms with Crippen LogP contribution in [0.15, 0.2) is 0 Å². The van der Waals surface area contributed by atoms with Crippen molar-refractivity contribution in [1.82, 2.24) is 14.9 Å². The molecule has 8 heteroatoms. The van der Waals surface area contributed by atoms with E-state index >= 15 is 0 Å². The normalized spacial score (nSPS) is 19.3. The molecule has 2 aliphatic rings. The number of piperidine rings is 1. The average molecular weight is 345 g/mol. The van der Waals surface area contributed by atoms with Gasteiger partial charge >= 0.3 is 0 Å². The van der Waals surface area contributed by atoms with E-state index in [9.17, 15) is 18.0 Å². The molecule has 1 heterocycles. The molecule has 0 spiro atoms. The summed E-state index contributed by atoms with van der Waals surface area (Å²) in [4.78, 5) is 23.0. The molecular formula is C15H27N3O4S. The summed E-state index contributed by atoms with van der Waals surface area (Å²) >= 11 is 0. The zero-order chi connectivity index (χ0) is 16.7. The Labute approximate surface area is 138 Å². The van der Waals surface area contributed by atoms with Crippen LogP contribution in [0.5, 0.6) is 0 Å². The lowest BCUT2D eigenvalue weighted by atomic mass is 10.2. The predicted molar refractivity (Wildman–Crippen MR) is 87.2 cm³/mol. The van der Waals surface area contributed by atoms with Crippen molar-refractivity contribution in [3.05, 3.63) is 0 Å². The highest BCUT2D eigenvalue weighted by Crippen LogP contribution is 2.18. The number of hydrogen-bond donors (Lipinski definition) is 2. The maximum absolute atomic E-state index is 12.1. The monoisotopic (exact) mass is 345 g/mol. The van der Waals surface area contributed by atoms with Gasteiger partial charge in [0.2, 0.25) is 21.8 Å². The smallest absolute Gasteiger partial charge is 0.239 e. The lowest BCUT2D eigenvalue weighted by molar-refractivity contribution is -0.126. The van der Waals surface area contributed by atoms with Gasteiger partial charge in [0.1, 0.15) is 0 Å². The van der Waals surface area contributed by atoms with Crippen molar-refractivity contribution in [3.63, 3.8) is 0 Å². The highest BCUT2D eigenvalue weighted by Gasteiger charge is 2.24. The molecule has 0 radical (unpaired) electrons. The molecule has 2 fully saturated rings. The SMILES string of the molecule is O=C(CCCCS(=O)(=O)N1CCCCC1)NCC(=O)NC1CC1. The van der Waals surface area contributed by atoms with E-state index in [-0.39, 0.29) is 30.5 Å². The third-order valence-corrected chi connectivity index (χ3v) is 6.11. The molecule has 2 amide bonds. The predicted octanol–water partition coefficient (Wildman–Crippen LogP) is 0.367. The largest absolute Gasteiger partial charge is 0.352 e. The van der Waals surface area contributed by atoms with Gasteiger partial charge in [-0.15, -0.1) is 0 Å². The first kappa shape index (κ1) is 18.2. The average Bonchev–Trinajstić information content (AvgIpc) is 3.34. The van der Waals surface area contributed by atoms with Gasteiger partial charge in [0.15, 0.2) is 0 Å². The molecule has 1 aliphatic carbocycles. The zero-order valence-corrected chi connectivity index (χ0v) is 14.4. The van der Waals surface area contributed by atoms with Gasteiger partial charge in [0.05, 0.1) is 12.3 Å². The molecule has 1 saturated carbocycles. The molecule has 1 aliphatic heterocycles. The third kappa shape index (κ3) is 6.87. The van der Waals surface area contributed by atoms with Crippen molar-refractivity contribution in [2.45, 2.75) is 57.4 Å². The second-order valence-electron chi connectivity index (χ2n) is 6.35. The summed E-state index contributed by atoms with van der Waals surface area (Å²) in [6.07, 6.45) is 6.25. The van der Waals surface area contributed by atoms with Crippen molar-refractivity contribution < 1.29 is 18.0 Å². The maximum atomic E-state index is 12.1. The van der Waals surface area contributed by atoms with Crippen LogP contribution in [0.25, 0.3) is 0 Å². The molecule has 1 saturated heterocycles. The van der Waals surface area contributed by atoms with Crippen molar-refractivity contribution in [3.8, 4) is 0 Å². The molecular weight excluding hydrogens is 318 g/mol. The number of hydrogen-bond acceptors (Lipinski definition) is 4. The molecule has 7 nitrogen and oxygen atoms in total. The van der Waals surface area contributed by atoms with Gasteiger partial charge in [0.25, 0.3) is 0 Å². The molecule has 0 bridgehead atoms. The lowest BCUT2D eigenvalue weighted by Crippen LogP contribution is -2.38. The quantitative estimate of drug-likeness (QED) is 0.590. The lowest BCUT2D eigenvalue weighted by Gasteiger charge is -2.25. The fraction of sp³-hybridized carbons (Fsp3) is 0.867. The summed E-state index contributed by atoms with van der Waals surface area (Å²) in [7, 11) is -3.18. The van der Waals surface area contributed by atoms with Crippen LogP contribution < -0.4 is 10.6 Å². The molecule has 0 aromatic carbocycles. The Morgan fingerprint density at radius 2 is 1.70 bits per heavy atom. The molecule has 0 atom stereocenters. The third-order valence-electron chi connectivity index (χ3n) is 4.15. The van der Waals surface area contributed by atoms with Crippen molar-refractivity contribution in [1.29, 1.82) is 0 Å². The minimum Gasteiger partial charge on any atom is -0.352 e. The van der Waals surface area contributed by atoms with Crippen LogP contribution in [0.4, 0.5) is 0 Å². The zero-order valence-electron chi connectivity index (χ0n) is 13.6. The minimum absolute atomic E-state index is 0.00140. The van der Waals surface area contributed by atoms with Gasteiger partial charge < -0.3 is 10.6 Å². The number of carbonyl (C=O) groups is 2. The number of sulfonamides is 1. The van der Waals surface area contributed by atoms with Gasteiger partial charge in [0, 0.05) is 25.6 Å². The molecule has 2 N–H and O–H groups in total. The van der Waals surface area contributed by atoms with Crippen molar-refractivity contribution in [2.24, 2.45) is 0 Å². The van der Waals surface area contributed by atoms with Crippen LogP contribution in [0, 0.1) is 0 Å². The summed E-state index contributed by atoms with van der Waals surface area (Å²) in [5.41, 5.74) is 0. The van der Waals surface area contributed by atoms with E-state index in [1.54, 1.807) is 4.31 Å². The molecule has 0 aromatic heterocycles. The summed E-state index contributed by atoms with van der Waals surface area (Å²) in [5, 5.41) is 5.36. The molecule has 0 aromatic rings. The van der Waals surface area contributed by atoms with Crippen molar-refractivity contribution >= 4 is 21.8 Å². The minimum atomic E-state index is -3.18. The fourth-order valence-electron chi connectivity index (χ4n) is 2.62. The Hall–Kier alpha value is -1.15. The number of rotatable bonds is 9. The molecule has 23 heavy (non-hydrogen) atoms. The van der Waals surface area contributed by atoms with Gasteiger partial charge in [-0.2, -0.15) is 0 Å². The van der Waals surface area contributed by atoms with E-state index in [2.05, 4.69) is 10.6 Å². The van der Waals surface area contributed by atoms with Crippen LogP contribution in [0.2, 0.25) is 0 Å². The topological polar surface area (TPSA) is 95.6 Å². The van der Waals surface area contributed by atoms with Crippen LogP contribution in [0.3, 0.4) is 0 Å². The Balaban J connectivity index is 1.55. The van der Waals surface area contributed by atoms with E-state index in [1.165, 1.54) is 0 Å². The number of amides is 2. The summed E-state index contributed by atoms with van der Waals surface area (Å²) in [6, 6.07) is 0.291. The second-order valence-corrected chi connectivity index (χ2v) is 8.44. The Kier molecular flexibility index (Phi) is 6.83. The van der Waals surface area contributed by atoms with Gasteiger partial charge in [-0.05, 0) is 38.5 Å². The van der Waals surface area contributed by atoms with Crippen LogP contribution in [-0.2, 0) is 19.6 Å². The van der Waals surface area contributed by atoms with E-state index in [1.807, 2.05) is 0 Å². The molecule has 0 unspecified atom stereocenters. The van der Waals surface area contributed by atoms with E-state index < -0.39 is 10.0 Å². The van der Waals surface area contributed by atoms with E-state index in [0.29, 0.717) is 32.0 Å². The fourth-order valence-corrected chi connectivity index (χ4v) is 4.26. The summed E-state index contributed by atoms with van der Waals surface area (Å²) in [5.74, 6) is -0.262. The highest BCUT2D eigenvalue weighted by molar-refractivity contribution is 7.89. The first-order chi connectivity index (χ1) is 11.0. The number of carbonyl (C=O) groups excluding carboxylic acids is 2. The van der Waals surface area contributed by atoms with Gasteiger partial charge in [-0.3, -0.25) is 9.59 Å². The molecule has 2 rings (SSSR count). The standard InChI is InChI=1S/C15H27N3O4S/c19-14(16-12-15(20)17-13-7-8-13)6-2-5-11-23(21,22)18-9-3-1-4-10-18/h13H,1-12H2,(H,16,19)(H,17,20). The first-order valence-electron chi connectivity index (χ1n) is 8.51. The Bertz CT molecular complexity index is 511. The summed E-state index contributed by atoms with van der Waals surface area (Å²) in [6.45, 7) is 1.25. The molecule has 132 valence electrons. The van der Waals surface area contributed by atoms with Crippen LogP contribution in [-0.4, -0.2) is 56.0 Å². The number of unbranched alkanes of at least 4 members (excludes halogenated alkanes) is 1. The van der Waals surface area contributed by atoms with Crippen LogP contribution in [0.1, 0.15) is 51.4 Å². The Morgan fingerprint density at radius 1 is 1.00 bits per heavy atom. The van der Waals surface area contributed by atoms with Gasteiger partial charge in [-0.25, -0.2) is 12.7 Å². The van der Waals surface area contributed by atoms with Gasteiger partial charge in [-0.1, -0.05) is 6.42 Å². The second kappa shape index (κ2) is 8.63. The Morgan fingerprint density at radius 3 is 2.35 bits per heavy atom. The highest BCUT2D eigenvalue weighted by atomic mass is 32.2. The number of nitrogens with zero attached hydrogens (tertiary/aromatic N) is 1. The van der Waals surface area contributed by atoms with E-state index in [0.717, 1.165) is 32.1 Å². The van der Waals surface area contributed by atoms with E-state index in [4.69, 9.17) is 0 Å². The number of nitrogens with one attached hydrogen (secondary N) is 2. The van der Waals surface area contributed by atoms with Crippen LogP contribution >= 0.6 is 0 Å². The van der Waals surface area contributed by atoms with Crippen molar-refractivity contribution in [2.75, 3.05) is 25.4 Å². The first-order valence-corrected chi connectivity index (χ1v) is 10.1. The maximum Gasteiger partial charge on any atom is 0.239 e.